The molecule has 1 atom stereocenters. The maximum absolute atomic E-state index is 11.8. The molecule has 2 fully saturated rings. The Bertz CT molecular complexity index is 1410. The molecule has 13 heteroatoms. The van der Waals surface area contributed by atoms with Crippen molar-refractivity contribution in [1.29, 1.82) is 0 Å². The Morgan fingerprint density at radius 2 is 2.00 bits per heavy atom. The van der Waals surface area contributed by atoms with E-state index in [1.165, 1.54) is 11.6 Å². The second kappa shape index (κ2) is 10.2. The van der Waals surface area contributed by atoms with Crippen LogP contribution in [0.2, 0.25) is 0 Å². The van der Waals surface area contributed by atoms with Crippen molar-refractivity contribution >= 4 is 29.3 Å². The molecule has 0 saturated carbocycles. The molecule has 2 N–H and O–H groups in total. The van der Waals surface area contributed by atoms with Crippen molar-refractivity contribution in [3.63, 3.8) is 0 Å². The number of pyridine rings is 1. The first-order valence-corrected chi connectivity index (χ1v) is 12.8. The van der Waals surface area contributed by atoms with E-state index in [1.807, 2.05) is 6.07 Å². The molecular weight excluding hydrogens is 488 g/mol. The van der Waals surface area contributed by atoms with Crippen LogP contribution >= 0.6 is 0 Å². The van der Waals surface area contributed by atoms with Gasteiger partial charge in [-0.25, -0.2) is 9.78 Å². The largest absolute Gasteiger partial charge is 0.464 e. The van der Waals surface area contributed by atoms with E-state index in [-0.39, 0.29) is 5.95 Å². The zero-order valence-electron chi connectivity index (χ0n) is 21.2. The summed E-state index contributed by atoms with van der Waals surface area (Å²) in [7, 11) is 1.37. The number of aromatic nitrogens is 6. The number of ether oxygens (including phenoxy) is 1. The normalized spacial score (nSPS) is 18.7. The van der Waals surface area contributed by atoms with Gasteiger partial charge in [-0.05, 0) is 43.0 Å². The Hall–Kier alpha value is -4.26. The van der Waals surface area contributed by atoms with Gasteiger partial charge in [0.25, 0.3) is 5.78 Å². The van der Waals surface area contributed by atoms with Gasteiger partial charge in [0.15, 0.2) is 5.76 Å². The highest BCUT2D eigenvalue weighted by Crippen LogP contribution is 2.25. The number of carbonyl (C=O) groups is 1. The topological polar surface area (TPSA) is 144 Å². The Morgan fingerprint density at radius 3 is 2.79 bits per heavy atom. The van der Waals surface area contributed by atoms with Gasteiger partial charge < -0.3 is 24.7 Å². The van der Waals surface area contributed by atoms with E-state index in [0.717, 1.165) is 64.3 Å². The van der Waals surface area contributed by atoms with Crippen LogP contribution in [0.1, 0.15) is 23.3 Å². The second-order valence-electron chi connectivity index (χ2n) is 9.64. The van der Waals surface area contributed by atoms with E-state index < -0.39 is 5.97 Å². The number of hydrogen-bond acceptors (Lipinski definition) is 12. The van der Waals surface area contributed by atoms with E-state index in [0.29, 0.717) is 34.9 Å². The van der Waals surface area contributed by atoms with Gasteiger partial charge in [0.2, 0.25) is 17.7 Å². The van der Waals surface area contributed by atoms with E-state index in [4.69, 9.17) is 14.9 Å². The first kappa shape index (κ1) is 24.1. The van der Waals surface area contributed by atoms with Gasteiger partial charge >= 0.3 is 5.97 Å². The summed E-state index contributed by atoms with van der Waals surface area (Å²) in [6.07, 6.45) is 5.47. The number of carbonyl (C=O) groups excluding carboxylic acids is 1. The first-order chi connectivity index (χ1) is 18.6. The highest BCUT2D eigenvalue weighted by molar-refractivity contribution is 5.88. The molecule has 0 spiro atoms. The van der Waals surface area contributed by atoms with Gasteiger partial charge in [-0.3, -0.25) is 4.90 Å². The molecule has 0 aliphatic carbocycles. The number of hydrogen-bond donors (Lipinski definition) is 1. The van der Waals surface area contributed by atoms with Crippen molar-refractivity contribution in [2.45, 2.75) is 12.8 Å². The van der Waals surface area contributed by atoms with Crippen LogP contribution in [0.25, 0.3) is 17.4 Å². The van der Waals surface area contributed by atoms with Crippen LogP contribution in [0.5, 0.6) is 0 Å². The van der Waals surface area contributed by atoms with Crippen LogP contribution in [-0.2, 0) is 4.74 Å². The van der Waals surface area contributed by atoms with E-state index in [2.05, 4.69) is 39.7 Å². The molecule has 6 rings (SSSR count). The minimum atomic E-state index is -0.417. The van der Waals surface area contributed by atoms with Crippen LogP contribution in [-0.4, -0.2) is 93.3 Å². The molecule has 198 valence electrons. The fraction of sp³-hybridized carbons (Fsp3) is 0.440. The smallest absolute Gasteiger partial charge is 0.356 e. The summed E-state index contributed by atoms with van der Waals surface area (Å²) in [5, 5.41) is 4.39. The number of esters is 1. The van der Waals surface area contributed by atoms with Gasteiger partial charge in [-0.15, -0.1) is 5.10 Å². The molecule has 4 aromatic heterocycles. The predicted molar refractivity (Wildman–Crippen MR) is 140 cm³/mol. The van der Waals surface area contributed by atoms with Crippen molar-refractivity contribution in [2.24, 2.45) is 5.92 Å². The van der Waals surface area contributed by atoms with Crippen LogP contribution in [0.3, 0.4) is 0 Å². The fourth-order valence-electron chi connectivity index (χ4n) is 5.23. The van der Waals surface area contributed by atoms with Crippen molar-refractivity contribution < 1.29 is 13.9 Å². The molecule has 13 nitrogen and oxygen atoms in total. The summed E-state index contributed by atoms with van der Waals surface area (Å²) in [6, 6.07) is 7.33. The molecule has 2 aliphatic heterocycles. The Morgan fingerprint density at radius 1 is 1.13 bits per heavy atom. The highest BCUT2D eigenvalue weighted by Gasteiger charge is 2.27. The standard InChI is InChI=1S/C25H30N10O3/c1-37-22(36)19-14-18(6-7-27-19)33-11-9-32(10-12-33)15-17-4-2-8-34(16-17)24-29-23(26)35-25(30-24)28-21(31-35)20-5-3-13-38-20/h3,5-7,13-14,17H,2,4,8-12,15-16H2,1H3,(H2,26,28,29,30,31)/t17-/m0/s1. The Labute approximate surface area is 219 Å². The number of nitrogen functional groups attached to an aromatic ring is 1. The first-order valence-electron chi connectivity index (χ1n) is 12.8. The predicted octanol–water partition coefficient (Wildman–Crippen LogP) is 1.58. The summed E-state index contributed by atoms with van der Waals surface area (Å²) < 4.78 is 11.7. The van der Waals surface area contributed by atoms with Crippen LogP contribution in [0.15, 0.2) is 41.1 Å². The molecule has 0 aromatic carbocycles. The number of furan rings is 1. The number of nitrogens with two attached hydrogens (primary N) is 1. The molecule has 0 radical (unpaired) electrons. The molecule has 0 bridgehead atoms. The number of fused-ring (bicyclic) bond motifs is 1. The number of piperidine rings is 1. The second-order valence-corrected chi connectivity index (χ2v) is 9.64. The third kappa shape index (κ3) is 4.84. The lowest BCUT2D eigenvalue weighted by molar-refractivity contribution is 0.0594. The van der Waals surface area contributed by atoms with Gasteiger partial charge in [-0.2, -0.15) is 19.5 Å². The van der Waals surface area contributed by atoms with E-state index in [9.17, 15) is 4.79 Å². The fourth-order valence-corrected chi connectivity index (χ4v) is 5.23. The lowest BCUT2D eigenvalue weighted by atomic mass is 9.97. The lowest BCUT2D eigenvalue weighted by Crippen LogP contribution is -2.50. The van der Waals surface area contributed by atoms with E-state index in [1.54, 1.807) is 30.7 Å². The average molecular weight is 519 g/mol. The van der Waals surface area contributed by atoms with Crippen LogP contribution in [0, 0.1) is 5.92 Å². The minimum absolute atomic E-state index is 0.250. The monoisotopic (exact) mass is 518 g/mol. The number of nitrogens with zero attached hydrogens (tertiary/aromatic N) is 9. The van der Waals surface area contributed by atoms with Crippen LogP contribution in [0.4, 0.5) is 17.6 Å². The minimum Gasteiger partial charge on any atom is -0.464 e. The van der Waals surface area contributed by atoms with Crippen molar-refractivity contribution in [2.75, 3.05) is 68.5 Å². The number of rotatable bonds is 6. The molecule has 6 heterocycles. The van der Waals surface area contributed by atoms with Crippen LogP contribution < -0.4 is 15.5 Å². The van der Waals surface area contributed by atoms with Gasteiger partial charge in [0.05, 0.1) is 13.4 Å². The van der Waals surface area contributed by atoms with Crippen molar-refractivity contribution in [3.8, 4) is 11.6 Å². The van der Waals surface area contributed by atoms with Crippen molar-refractivity contribution in [1.82, 2.24) is 34.4 Å². The number of anilines is 3. The van der Waals surface area contributed by atoms with Gasteiger partial charge in [-0.1, -0.05) is 0 Å². The summed E-state index contributed by atoms with van der Waals surface area (Å²) >= 11 is 0. The molecule has 2 saturated heterocycles. The quantitative estimate of drug-likeness (QED) is 0.370. The molecule has 0 unspecified atom stereocenters. The third-order valence-electron chi connectivity index (χ3n) is 7.16. The van der Waals surface area contributed by atoms with E-state index >= 15 is 0 Å². The Kier molecular flexibility index (Phi) is 6.50. The lowest BCUT2D eigenvalue weighted by Gasteiger charge is -2.40. The molecule has 2 aliphatic rings. The van der Waals surface area contributed by atoms with Crippen molar-refractivity contribution in [3.05, 3.63) is 42.4 Å². The Balaban J connectivity index is 1.08. The van der Waals surface area contributed by atoms with Gasteiger partial charge in [0.1, 0.15) is 5.69 Å². The highest BCUT2D eigenvalue weighted by atomic mass is 16.5. The number of piperazine rings is 1. The van der Waals surface area contributed by atoms with Gasteiger partial charge in [0, 0.05) is 57.7 Å². The summed E-state index contributed by atoms with van der Waals surface area (Å²) in [4.78, 5) is 36.7. The summed E-state index contributed by atoms with van der Waals surface area (Å²) in [5.41, 5.74) is 7.55. The third-order valence-corrected chi connectivity index (χ3v) is 7.16. The molecule has 0 amide bonds. The SMILES string of the molecule is COC(=O)c1cc(N2CCN(C[C@@H]3CCCN(c4nc(N)n5nc(-c6ccco6)nc5n4)C3)CC2)ccn1. The zero-order valence-corrected chi connectivity index (χ0v) is 21.2. The zero-order chi connectivity index (χ0) is 26.1. The molecular formula is C25H30N10O3. The summed E-state index contributed by atoms with van der Waals surface area (Å²) in [5.74, 6) is 2.31. The molecule has 4 aromatic rings. The number of methoxy groups -OCH3 is 1. The maximum atomic E-state index is 11.8. The summed E-state index contributed by atoms with van der Waals surface area (Å²) in [6.45, 7) is 6.45. The maximum Gasteiger partial charge on any atom is 0.356 e. The molecule has 38 heavy (non-hydrogen) atoms. The average Bonchev–Trinajstić information content (AvgIpc) is 3.64.